The third-order valence-electron chi connectivity index (χ3n) is 4.51. The lowest BCUT2D eigenvalue weighted by Crippen LogP contribution is -2.45. The minimum atomic E-state index is 0.0501. The molecule has 4 nitrogen and oxygen atoms in total. The number of carbonyl (C=O) groups is 1. The third kappa shape index (κ3) is 2.97. The number of nitrogens with zero attached hydrogens (tertiary/aromatic N) is 2. The maximum atomic E-state index is 12.4. The predicted octanol–water partition coefficient (Wildman–Crippen LogP) is 3.34. The number of aryl methyl sites for hydroxylation is 1. The quantitative estimate of drug-likeness (QED) is 0.905. The summed E-state index contributed by atoms with van der Waals surface area (Å²) in [4.78, 5) is 20.0. The van der Waals surface area contributed by atoms with Crippen LogP contribution in [-0.4, -0.2) is 29.0 Å². The van der Waals surface area contributed by atoms with Gasteiger partial charge in [-0.1, -0.05) is 0 Å². The maximum Gasteiger partial charge on any atom is 0.317 e. The summed E-state index contributed by atoms with van der Waals surface area (Å²) in [5.41, 5.74) is 0. The first-order valence-electron chi connectivity index (χ1n) is 7.52. The van der Waals surface area contributed by atoms with Crippen molar-refractivity contribution >= 4 is 17.4 Å². The molecule has 1 heterocycles. The van der Waals surface area contributed by atoms with Crippen molar-refractivity contribution in [1.29, 1.82) is 0 Å². The van der Waals surface area contributed by atoms with Crippen LogP contribution in [0.4, 0.5) is 4.79 Å². The lowest BCUT2D eigenvalue weighted by molar-refractivity contribution is 0.182. The van der Waals surface area contributed by atoms with Gasteiger partial charge in [0.2, 0.25) is 0 Å². The average Bonchev–Trinajstić information content (AvgIpc) is 3.32. The Kier molecular flexibility index (Phi) is 3.71. The molecular weight excluding hydrogens is 270 g/mol. The molecule has 0 radical (unpaired) electrons. The number of nitrogens with one attached hydrogen (secondary N) is 1. The molecule has 2 aliphatic carbocycles. The highest BCUT2D eigenvalue weighted by molar-refractivity contribution is 7.11. The van der Waals surface area contributed by atoms with E-state index in [1.165, 1.54) is 30.6 Å². The van der Waals surface area contributed by atoms with Gasteiger partial charge in [-0.25, -0.2) is 9.78 Å². The molecule has 1 aromatic rings. The van der Waals surface area contributed by atoms with E-state index < -0.39 is 0 Å². The van der Waals surface area contributed by atoms with Crippen molar-refractivity contribution in [3.63, 3.8) is 0 Å². The van der Waals surface area contributed by atoms with E-state index in [4.69, 9.17) is 0 Å². The standard InChI is InChI=1S/C15H23N3OS/c1-9-8-16-14(20-9)13(12-6-7-12)17-15(19)18(3)10(2)11-4-5-11/h8,10-13H,4-7H2,1-3H3,(H,17,19). The van der Waals surface area contributed by atoms with Crippen molar-refractivity contribution in [3.8, 4) is 0 Å². The van der Waals surface area contributed by atoms with Gasteiger partial charge in [0.05, 0.1) is 6.04 Å². The van der Waals surface area contributed by atoms with E-state index in [9.17, 15) is 4.79 Å². The molecule has 2 unspecified atom stereocenters. The average molecular weight is 293 g/mol. The molecule has 3 rings (SSSR count). The van der Waals surface area contributed by atoms with Crippen LogP contribution in [0.3, 0.4) is 0 Å². The summed E-state index contributed by atoms with van der Waals surface area (Å²) < 4.78 is 0. The van der Waals surface area contributed by atoms with Crippen LogP contribution in [0.15, 0.2) is 6.20 Å². The summed E-state index contributed by atoms with van der Waals surface area (Å²) in [5, 5.41) is 4.27. The minimum Gasteiger partial charge on any atom is -0.328 e. The first kappa shape index (κ1) is 13.9. The molecular formula is C15H23N3OS. The lowest BCUT2D eigenvalue weighted by atomic mass is 10.2. The zero-order valence-corrected chi connectivity index (χ0v) is 13.2. The Hall–Kier alpha value is -1.10. The highest BCUT2D eigenvalue weighted by atomic mass is 32.1. The lowest BCUT2D eigenvalue weighted by Gasteiger charge is -2.27. The van der Waals surface area contributed by atoms with Gasteiger partial charge in [0, 0.05) is 24.2 Å². The molecule has 2 fully saturated rings. The molecule has 1 aromatic heterocycles. The number of hydrogen-bond donors (Lipinski definition) is 1. The van der Waals surface area contributed by atoms with Gasteiger partial charge in [-0.3, -0.25) is 0 Å². The molecule has 5 heteroatoms. The predicted molar refractivity (Wildman–Crippen MR) is 80.8 cm³/mol. The molecule has 0 saturated heterocycles. The van der Waals surface area contributed by atoms with Crippen LogP contribution in [-0.2, 0) is 0 Å². The van der Waals surface area contributed by atoms with Gasteiger partial charge in [-0.2, -0.15) is 0 Å². The molecule has 2 aliphatic rings. The first-order valence-corrected chi connectivity index (χ1v) is 8.33. The second-order valence-corrected chi connectivity index (χ2v) is 7.53. The summed E-state index contributed by atoms with van der Waals surface area (Å²) in [6.07, 6.45) is 6.82. The van der Waals surface area contributed by atoms with E-state index in [1.54, 1.807) is 11.3 Å². The van der Waals surface area contributed by atoms with Crippen LogP contribution >= 0.6 is 11.3 Å². The van der Waals surface area contributed by atoms with Gasteiger partial charge in [0.25, 0.3) is 0 Å². The topological polar surface area (TPSA) is 45.2 Å². The molecule has 0 aliphatic heterocycles. The second kappa shape index (κ2) is 5.35. The molecule has 20 heavy (non-hydrogen) atoms. The van der Waals surface area contributed by atoms with Crippen molar-refractivity contribution in [2.75, 3.05) is 7.05 Å². The van der Waals surface area contributed by atoms with E-state index in [0.717, 1.165) is 5.01 Å². The Balaban J connectivity index is 1.65. The van der Waals surface area contributed by atoms with Crippen molar-refractivity contribution in [3.05, 3.63) is 16.1 Å². The van der Waals surface area contributed by atoms with Crippen LogP contribution in [0.5, 0.6) is 0 Å². The van der Waals surface area contributed by atoms with E-state index in [0.29, 0.717) is 17.9 Å². The number of rotatable bonds is 5. The fourth-order valence-electron chi connectivity index (χ4n) is 2.64. The van der Waals surface area contributed by atoms with Crippen LogP contribution in [0.2, 0.25) is 0 Å². The minimum absolute atomic E-state index is 0.0501. The Morgan fingerprint density at radius 3 is 2.55 bits per heavy atom. The van der Waals surface area contributed by atoms with Gasteiger partial charge in [0.15, 0.2) is 0 Å². The zero-order valence-electron chi connectivity index (χ0n) is 12.4. The number of aromatic nitrogens is 1. The molecule has 2 amide bonds. The Morgan fingerprint density at radius 2 is 2.05 bits per heavy atom. The van der Waals surface area contributed by atoms with Crippen LogP contribution in [0, 0.1) is 18.8 Å². The third-order valence-corrected chi connectivity index (χ3v) is 5.51. The summed E-state index contributed by atoms with van der Waals surface area (Å²) in [6, 6.07) is 0.497. The van der Waals surface area contributed by atoms with E-state index >= 15 is 0 Å². The fourth-order valence-corrected chi connectivity index (χ4v) is 3.56. The maximum absolute atomic E-state index is 12.4. The largest absolute Gasteiger partial charge is 0.328 e. The van der Waals surface area contributed by atoms with Gasteiger partial charge >= 0.3 is 6.03 Å². The molecule has 1 N–H and O–H groups in total. The van der Waals surface area contributed by atoms with Crippen molar-refractivity contribution in [2.45, 2.75) is 51.6 Å². The van der Waals surface area contributed by atoms with Crippen LogP contribution in [0.1, 0.15) is 48.5 Å². The summed E-state index contributed by atoms with van der Waals surface area (Å²) >= 11 is 1.70. The van der Waals surface area contributed by atoms with E-state index in [-0.39, 0.29) is 12.1 Å². The van der Waals surface area contributed by atoms with Gasteiger partial charge in [-0.05, 0) is 51.4 Å². The summed E-state index contributed by atoms with van der Waals surface area (Å²) in [5.74, 6) is 1.28. The van der Waals surface area contributed by atoms with Crippen LogP contribution in [0.25, 0.3) is 0 Å². The SMILES string of the molecule is Cc1cnc(C(NC(=O)N(C)C(C)C2CC2)C2CC2)s1. The monoisotopic (exact) mass is 293 g/mol. The Labute approximate surface area is 124 Å². The fraction of sp³-hybridized carbons (Fsp3) is 0.733. The number of urea groups is 1. The van der Waals surface area contributed by atoms with Gasteiger partial charge in [0.1, 0.15) is 5.01 Å². The van der Waals surface area contributed by atoms with Crippen LogP contribution < -0.4 is 5.32 Å². The van der Waals surface area contributed by atoms with E-state index in [1.807, 2.05) is 18.1 Å². The molecule has 0 bridgehead atoms. The molecule has 110 valence electrons. The molecule has 0 spiro atoms. The summed E-state index contributed by atoms with van der Waals surface area (Å²) in [6.45, 7) is 4.21. The van der Waals surface area contributed by atoms with E-state index in [2.05, 4.69) is 24.1 Å². The second-order valence-electron chi connectivity index (χ2n) is 6.26. The number of carbonyl (C=O) groups excluding carboxylic acids is 1. The molecule has 2 atom stereocenters. The number of amides is 2. The normalized spacial score (nSPS) is 21.4. The molecule has 0 aromatic carbocycles. The Bertz CT molecular complexity index is 493. The van der Waals surface area contributed by atoms with Crippen molar-refractivity contribution < 1.29 is 4.79 Å². The Morgan fingerprint density at radius 1 is 1.40 bits per heavy atom. The van der Waals surface area contributed by atoms with Crippen molar-refractivity contribution in [1.82, 2.24) is 15.2 Å². The summed E-state index contributed by atoms with van der Waals surface area (Å²) in [7, 11) is 1.91. The van der Waals surface area contributed by atoms with Crippen molar-refractivity contribution in [2.24, 2.45) is 11.8 Å². The highest BCUT2D eigenvalue weighted by Gasteiger charge is 2.37. The van der Waals surface area contributed by atoms with Gasteiger partial charge < -0.3 is 10.2 Å². The first-order chi connectivity index (χ1) is 9.56. The van der Waals surface area contributed by atoms with Gasteiger partial charge in [-0.15, -0.1) is 11.3 Å². The number of thiazole rings is 1. The smallest absolute Gasteiger partial charge is 0.317 e. The molecule has 2 saturated carbocycles. The number of hydrogen-bond acceptors (Lipinski definition) is 3. The highest BCUT2D eigenvalue weighted by Crippen LogP contribution is 2.42. The zero-order chi connectivity index (χ0) is 14.3.